The fourth-order valence-corrected chi connectivity index (χ4v) is 3.16. The molecule has 1 aromatic carbocycles. The topological polar surface area (TPSA) is 75.5 Å². The van der Waals surface area contributed by atoms with Gasteiger partial charge in [-0.2, -0.15) is 0 Å². The molecule has 0 aliphatic heterocycles. The molecule has 0 bridgehead atoms. The standard InChI is InChI=1S/C16H19N3O3S/c1-11-14(19(21)22)8-15(23-11)16(20)17-9-12-6-4-5-7-13(12)10-18(2)3/h4-8H,9-10H2,1-3H3,(H,17,20). The highest BCUT2D eigenvalue weighted by Gasteiger charge is 2.19. The van der Waals surface area contributed by atoms with E-state index in [1.807, 2.05) is 38.4 Å². The summed E-state index contributed by atoms with van der Waals surface area (Å²) in [4.78, 5) is 25.6. The molecule has 7 heteroatoms. The molecule has 0 atom stereocenters. The van der Waals surface area contributed by atoms with Crippen LogP contribution in [-0.2, 0) is 13.1 Å². The summed E-state index contributed by atoms with van der Waals surface area (Å²) < 4.78 is 0. The Balaban J connectivity index is 2.08. The number of nitro groups is 1. The molecule has 0 radical (unpaired) electrons. The van der Waals surface area contributed by atoms with Crippen LogP contribution >= 0.6 is 11.3 Å². The van der Waals surface area contributed by atoms with Crippen molar-refractivity contribution in [2.24, 2.45) is 0 Å². The van der Waals surface area contributed by atoms with Crippen molar-refractivity contribution < 1.29 is 9.72 Å². The zero-order valence-corrected chi connectivity index (χ0v) is 14.1. The molecule has 0 saturated carbocycles. The van der Waals surface area contributed by atoms with E-state index in [-0.39, 0.29) is 11.6 Å². The van der Waals surface area contributed by atoms with Crippen molar-refractivity contribution in [3.63, 3.8) is 0 Å². The van der Waals surface area contributed by atoms with Crippen molar-refractivity contribution in [3.05, 3.63) is 61.3 Å². The first-order valence-corrected chi connectivity index (χ1v) is 7.94. The first-order chi connectivity index (χ1) is 10.9. The normalized spacial score (nSPS) is 10.8. The van der Waals surface area contributed by atoms with E-state index in [2.05, 4.69) is 10.2 Å². The Labute approximate surface area is 138 Å². The molecule has 0 aliphatic carbocycles. The Morgan fingerprint density at radius 2 is 1.96 bits per heavy atom. The van der Waals surface area contributed by atoms with E-state index in [0.29, 0.717) is 16.3 Å². The van der Waals surface area contributed by atoms with E-state index in [4.69, 9.17) is 0 Å². The number of hydrogen-bond acceptors (Lipinski definition) is 5. The number of thiophene rings is 1. The summed E-state index contributed by atoms with van der Waals surface area (Å²) in [6.45, 7) is 2.83. The largest absolute Gasteiger partial charge is 0.347 e. The molecule has 0 aliphatic rings. The first-order valence-electron chi connectivity index (χ1n) is 7.13. The highest BCUT2D eigenvalue weighted by atomic mass is 32.1. The highest BCUT2D eigenvalue weighted by Crippen LogP contribution is 2.28. The van der Waals surface area contributed by atoms with Crippen LogP contribution in [0.3, 0.4) is 0 Å². The van der Waals surface area contributed by atoms with Gasteiger partial charge in [0.05, 0.1) is 14.7 Å². The van der Waals surface area contributed by atoms with E-state index in [9.17, 15) is 14.9 Å². The monoisotopic (exact) mass is 333 g/mol. The van der Waals surface area contributed by atoms with Crippen LogP contribution in [0.25, 0.3) is 0 Å². The van der Waals surface area contributed by atoms with Crippen molar-refractivity contribution in [2.75, 3.05) is 14.1 Å². The number of carbonyl (C=O) groups is 1. The third kappa shape index (κ3) is 4.37. The van der Waals surface area contributed by atoms with Crippen LogP contribution in [0.1, 0.15) is 25.7 Å². The minimum absolute atomic E-state index is 0.00634. The van der Waals surface area contributed by atoms with Gasteiger partial charge in [0.2, 0.25) is 0 Å². The van der Waals surface area contributed by atoms with Gasteiger partial charge in [-0.1, -0.05) is 24.3 Å². The third-order valence-electron chi connectivity index (χ3n) is 3.36. The van der Waals surface area contributed by atoms with Crippen molar-refractivity contribution >= 4 is 22.9 Å². The summed E-state index contributed by atoms with van der Waals surface area (Å²) in [7, 11) is 3.98. The first kappa shape index (κ1) is 17.1. The van der Waals surface area contributed by atoms with Crippen LogP contribution in [0.2, 0.25) is 0 Å². The van der Waals surface area contributed by atoms with Crippen LogP contribution < -0.4 is 5.32 Å². The molecule has 1 heterocycles. The molecule has 2 rings (SSSR count). The summed E-state index contributed by atoms with van der Waals surface area (Å²) in [5, 5.41) is 13.7. The fraction of sp³-hybridized carbons (Fsp3) is 0.312. The number of rotatable bonds is 6. The molecular formula is C16H19N3O3S. The van der Waals surface area contributed by atoms with Gasteiger partial charge >= 0.3 is 0 Å². The maximum absolute atomic E-state index is 12.2. The summed E-state index contributed by atoms with van der Waals surface area (Å²) in [6, 6.07) is 9.24. The second-order valence-electron chi connectivity index (χ2n) is 5.50. The minimum atomic E-state index is -0.463. The maximum atomic E-state index is 12.2. The Morgan fingerprint density at radius 3 is 2.52 bits per heavy atom. The molecule has 6 nitrogen and oxygen atoms in total. The second kappa shape index (κ2) is 7.34. The summed E-state index contributed by atoms with van der Waals surface area (Å²) in [6.07, 6.45) is 0. The maximum Gasteiger partial charge on any atom is 0.283 e. The van der Waals surface area contributed by atoms with E-state index < -0.39 is 4.92 Å². The lowest BCUT2D eigenvalue weighted by atomic mass is 10.1. The van der Waals surface area contributed by atoms with E-state index >= 15 is 0 Å². The van der Waals surface area contributed by atoms with Crippen molar-refractivity contribution in [3.8, 4) is 0 Å². The highest BCUT2D eigenvalue weighted by molar-refractivity contribution is 7.14. The summed E-state index contributed by atoms with van der Waals surface area (Å²) in [5.74, 6) is -0.286. The Bertz CT molecular complexity index is 725. The second-order valence-corrected chi connectivity index (χ2v) is 6.75. The average Bonchev–Trinajstić information content (AvgIpc) is 2.88. The lowest BCUT2D eigenvalue weighted by Crippen LogP contribution is -2.23. The quantitative estimate of drug-likeness (QED) is 0.651. The average molecular weight is 333 g/mol. The van der Waals surface area contributed by atoms with Crippen LogP contribution in [0.5, 0.6) is 0 Å². The summed E-state index contributed by atoms with van der Waals surface area (Å²) >= 11 is 1.14. The van der Waals surface area contributed by atoms with Gasteiger partial charge < -0.3 is 10.2 Å². The third-order valence-corrected chi connectivity index (χ3v) is 4.39. The van der Waals surface area contributed by atoms with Crippen LogP contribution in [-0.4, -0.2) is 29.8 Å². The number of benzene rings is 1. The molecule has 1 N–H and O–H groups in total. The number of hydrogen-bond donors (Lipinski definition) is 1. The molecule has 0 saturated heterocycles. The molecule has 1 amide bonds. The molecule has 0 unspecified atom stereocenters. The lowest BCUT2D eigenvalue weighted by molar-refractivity contribution is -0.385. The van der Waals surface area contributed by atoms with Gasteiger partial charge in [-0.05, 0) is 32.1 Å². The van der Waals surface area contributed by atoms with Crippen molar-refractivity contribution in [1.29, 1.82) is 0 Å². The molecule has 23 heavy (non-hydrogen) atoms. The van der Waals surface area contributed by atoms with Gasteiger partial charge in [0.25, 0.3) is 11.6 Å². The van der Waals surface area contributed by atoms with E-state index in [1.54, 1.807) is 6.92 Å². The Morgan fingerprint density at radius 1 is 1.30 bits per heavy atom. The number of nitrogens with zero attached hydrogens (tertiary/aromatic N) is 2. The molecule has 0 spiro atoms. The van der Waals surface area contributed by atoms with Crippen molar-refractivity contribution in [2.45, 2.75) is 20.0 Å². The lowest BCUT2D eigenvalue weighted by Gasteiger charge is -2.14. The number of nitrogens with one attached hydrogen (secondary N) is 1. The van der Waals surface area contributed by atoms with Gasteiger partial charge in [0.15, 0.2) is 0 Å². The predicted octanol–water partition coefficient (Wildman–Crippen LogP) is 2.96. The summed E-state index contributed by atoms with van der Waals surface area (Å²) in [5.41, 5.74) is 2.18. The van der Waals surface area contributed by atoms with Gasteiger partial charge in [0.1, 0.15) is 0 Å². The Kier molecular flexibility index (Phi) is 5.46. The van der Waals surface area contributed by atoms with Gasteiger partial charge in [0, 0.05) is 19.2 Å². The Hall–Kier alpha value is -2.25. The SMILES string of the molecule is Cc1sc(C(=O)NCc2ccccc2CN(C)C)cc1[N+](=O)[O-]. The van der Waals surface area contributed by atoms with Crippen LogP contribution in [0, 0.1) is 17.0 Å². The van der Waals surface area contributed by atoms with E-state index in [1.165, 1.54) is 6.07 Å². The number of carbonyl (C=O) groups excluding carboxylic acids is 1. The van der Waals surface area contributed by atoms with Crippen LogP contribution in [0.15, 0.2) is 30.3 Å². The fourth-order valence-electron chi connectivity index (χ4n) is 2.25. The molecule has 1 aromatic heterocycles. The zero-order chi connectivity index (χ0) is 17.0. The smallest absolute Gasteiger partial charge is 0.283 e. The van der Waals surface area contributed by atoms with Crippen molar-refractivity contribution in [1.82, 2.24) is 10.2 Å². The van der Waals surface area contributed by atoms with E-state index in [0.717, 1.165) is 29.0 Å². The number of amides is 1. The molecular weight excluding hydrogens is 314 g/mol. The molecule has 2 aromatic rings. The van der Waals surface area contributed by atoms with Crippen LogP contribution in [0.4, 0.5) is 5.69 Å². The van der Waals surface area contributed by atoms with Gasteiger partial charge in [-0.3, -0.25) is 14.9 Å². The van der Waals surface area contributed by atoms with Gasteiger partial charge in [-0.15, -0.1) is 11.3 Å². The predicted molar refractivity (Wildman–Crippen MR) is 90.7 cm³/mol. The van der Waals surface area contributed by atoms with Gasteiger partial charge in [-0.25, -0.2) is 0 Å². The molecule has 0 fully saturated rings. The number of aryl methyl sites for hydroxylation is 1. The molecule has 122 valence electrons. The minimum Gasteiger partial charge on any atom is -0.347 e. The zero-order valence-electron chi connectivity index (χ0n) is 13.3.